The summed E-state index contributed by atoms with van der Waals surface area (Å²) in [6.07, 6.45) is 0.797. The van der Waals surface area contributed by atoms with Crippen LogP contribution >= 0.6 is 15.9 Å². The van der Waals surface area contributed by atoms with E-state index in [4.69, 9.17) is 14.2 Å². The Hall–Kier alpha value is -3.32. The first-order chi connectivity index (χ1) is 15.0. The predicted octanol–water partition coefficient (Wildman–Crippen LogP) is 4.95. The number of methoxy groups -OCH3 is 1. The number of rotatable bonds is 9. The van der Waals surface area contributed by atoms with Gasteiger partial charge in [0.05, 0.1) is 13.3 Å². The highest BCUT2D eigenvalue weighted by Crippen LogP contribution is 2.21. The summed E-state index contributed by atoms with van der Waals surface area (Å²) in [6, 6.07) is 22.6. The Kier molecular flexibility index (Phi) is 8.06. The predicted molar refractivity (Wildman–Crippen MR) is 124 cm³/mol. The number of ether oxygens (including phenoxy) is 3. The largest absolute Gasteiger partial charge is 0.496 e. The van der Waals surface area contributed by atoms with E-state index in [-0.39, 0.29) is 5.91 Å². The fourth-order valence-electron chi connectivity index (χ4n) is 2.68. The summed E-state index contributed by atoms with van der Waals surface area (Å²) in [4.78, 5) is 12.3. The van der Waals surface area contributed by atoms with Gasteiger partial charge in [-0.15, -0.1) is 0 Å². The summed E-state index contributed by atoms with van der Waals surface area (Å²) in [7, 11) is 1.58. The fraction of sp³-hybridized carbons (Fsp3) is 0.167. The van der Waals surface area contributed by atoms with Gasteiger partial charge in [-0.2, -0.15) is 5.10 Å². The summed E-state index contributed by atoms with van der Waals surface area (Å²) in [5, 5.41) is 4.00. The van der Waals surface area contributed by atoms with Gasteiger partial charge in [-0.3, -0.25) is 4.79 Å². The molecule has 0 heterocycles. The lowest BCUT2D eigenvalue weighted by atomic mass is 10.2. The maximum absolute atomic E-state index is 12.3. The number of hydrogen-bond acceptors (Lipinski definition) is 5. The molecular formula is C24H23BrN2O4. The van der Waals surface area contributed by atoms with Crippen LogP contribution in [0.4, 0.5) is 0 Å². The Morgan fingerprint density at radius 2 is 1.77 bits per heavy atom. The second-order valence-electron chi connectivity index (χ2n) is 6.63. The van der Waals surface area contributed by atoms with Crippen LogP contribution in [0.5, 0.6) is 17.2 Å². The number of nitrogens with zero attached hydrogens (tertiary/aromatic N) is 1. The van der Waals surface area contributed by atoms with E-state index >= 15 is 0 Å². The van der Waals surface area contributed by atoms with E-state index < -0.39 is 6.10 Å². The van der Waals surface area contributed by atoms with E-state index in [9.17, 15) is 4.79 Å². The molecule has 3 aromatic carbocycles. The molecule has 160 valence electrons. The molecule has 1 unspecified atom stereocenters. The first-order valence-corrected chi connectivity index (χ1v) is 10.4. The first-order valence-electron chi connectivity index (χ1n) is 9.65. The van der Waals surface area contributed by atoms with Crippen LogP contribution in [0.1, 0.15) is 18.1 Å². The lowest BCUT2D eigenvalue weighted by Crippen LogP contribution is -2.33. The second kappa shape index (κ2) is 11.2. The van der Waals surface area contributed by atoms with Crippen molar-refractivity contribution in [3.05, 3.63) is 88.4 Å². The standard InChI is InChI=1S/C24H23BrN2O4/c1-17(24(28)27-26-15-19-14-20(25)8-13-23(19)29-2)31-22-11-9-21(10-12-22)30-16-18-6-4-3-5-7-18/h3-15,17H,16H2,1-2H3,(H,27,28)/b26-15+. The minimum absolute atomic E-state index is 0.366. The van der Waals surface area contributed by atoms with E-state index in [1.807, 2.05) is 48.5 Å². The monoisotopic (exact) mass is 482 g/mol. The average molecular weight is 483 g/mol. The molecule has 0 radical (unpaired) electrons. The zero-order chi connectivity index (χ0) is 22.1. The maximum atomic E-state index is 12.3. The minimum Gasteiger partial charge on any atom is -0.496 e. The summed E-state index contributed by atoms with van der Waals surface area (Å²) in [5.74, 6) is 1.57. The highest BCUT2D eigenvalue weighted by atomic mass is 79.9. The molecule has 7 heteroatoms. The zero-order valence-corrected chi connectivity index (χ0v) is 18.8. The average Bonchev–Trinajstić information content (AvgIpc) is 2.79. The number of benzene rings is 3. The molecule has 0 spiro atoms. The molecule has 0 aliphatic rings. The van der Waals surface area contributed by atoms with Crippen molar-refractivity contribution in [3.63, 3.8) is 0 Å². The molecule has 0 fully saturated rings. The number of hydrogen-bond donors (Lipinski definition) is 1. The van der Waals surface area contributed by atoms with Crippen LogP contribution < -0.4 is 19.6 Å². The fourth-order valence-corrected chi connectivity index (χ4v) is 3.05. The summed E-state index contributed by atoms with van der Waals surface area (Å²) >= 11 is 3.40. The summed E-state index contributed by atoms with van der Waals surface area (Å²) < 4.78 is 17.6. The van der Waals surface area contributed by atoms with Gasteiger partial charge in [-0.1, -0.05) is 46.3 Å². The molecule has 0 saturated carbocycles. The topological polar surface area (TPSA) is 69.2 Å². The summed E-state index contributed by atoms with van der Waals surface area (Å²) in [6.45, 7) is 2.14. The van der Waals surface area contributed by atoms with Crippen LogP contribution in [0.25, 0.3) is 0 Å². The number of halogens is 1. The van der Waals surface area contributed by atoms with Crippen LogP contribution in [0.2, 0.25) is 0 Å². The minimum atomic E-state index is -0.724. The second-order valence-corrected chi connectivity index (χ2v) is 7.54. The maximum Gasteiger partial charge on any atom is 0.280 e. The van der Waals surface area contributed by atoms with Crippen LogP contribution in [0, 0.1) is 0 Å². The molecule has 0 aliphatic carbocycles. The third-order valence-electron chi connectivity index (χ3n) is 4.32. The van der Waals surface area contributed by atoms with Crippen molar-refractivity contribution in [2.45, 2.75) is 19.6 Å². The highest BCUT2D eigenvalue weighted by molar-refractivity contribution is 9.10. The molecule has 6 nitrogen and oxygen atoms in total. The molecule has 1 N–H and O–H groups in total. The third-order valence-corrected chi connectivity index (χ3v) is 4.82. The summed E-state index contributed by atoms with van der Waals surface area (Å²) in [5.41, 5.74) is 4.31. The van der Waals surface area contributed by atoms with Gasteiger partial charge in [0.15, 0.2) is 6.10 Å². The Bertz CT molecular complexity index is 1020. The van der Waals surface area contributed by atoms with Crippen molar-refractivity contribution < 1.29 is 19.0 Å². The van der Waals surface area contributed by atoms with Gasteiger partial charge in [-0.05, 0) is 55.0 Å². The van der Waals surface area contributed by atoms with E-state index in [0.29, 0.717) is 18.1 Å². The van der Waals surface area contributed by atoms with Crippen LogP contribution in [-0.2, 0) is 11.4 Å². The van der Waals surface area contributed by atoms with Crippen molar-refractivity contribution in [1.29, 1.82) is 0 Å². The number of carbonyl (C=O) groups excluding carboxylic acids is 1. The SMILES string of the molecule is COc1ccc(Br)cc1/C=N/NC(=O)C(C)Oc1ccc(OCc2ccccc2)cc1. The molecule has 0 aliphatic heterocycles. The highest BCUT2D eigenvalue weighted by Gasteiger charge is 2.14. The lowest BCUT2D eigenvalue weighted by Gasteiger charge is -2.13. The molecule has 0 saturated heterocycles. The van der Waals surface area contributed by atoms with Crippen molar-refractivity contribution in [3.8, 4) is 17.2 Å². The van der Waals surface area contributed by atoms with E-state index in [0.717, 1.165) is 21.3 Å². The number of carbonyl (C=O) groups is 1. The molecule has 31 heavy (non-hydrogen) atoms. The molecule has 3 aromatic rings. The molecule has 1 atom stereocenters. The van der Waals surface area contributed by atoms with Crippen molar-refractivity contribution in [1.82, 2.24) is 5.43 Å². The molecule has 3 rings (SSSR count). The quantitative estimate of drug-likeness (QED) is 0.345. The Morgan fingerprint density at radius 3 is 2.48 bits per heavy atom. The van der Waals surface area contributed by atoms with Crippen molar-refractivity contribution in [2.24, 2.45) is 5.10 Å². The Balaban J connectivity index is 1.49. The van der Waals surface area contributed by atoms with Crippen LogP contribution in [0.3, 0.4) is 0 Å². The van der Waals surface area contributed by atoms with Crippen molar-refractivity contribution in [2.75, 3.05) is 7.11 Å². The van der Waals surface area contributed by atoms with Gasteiger partial charge >= 0.3 is 0 Å². The molecule has 1 amide bonds. The Morgan fingerprint density at radius 1 is 1.06 bits per heavy atom. The van der Waals surface area contributed by atoms with E-state index in [1.165, 1.54) is 6.21 Å². The Labute approximate surface area is 190 Å². The molecule has 0 bridgehead atoms. The molecular weight excluding hydrogens is 460 g/mol. The van der Waals surface area contributed by atoms with Gasteiger partial charge in [0, 0.05) is 10.0 Å². The number of hydrazone groups is 1. The van der Waals surface area contributed by atoms with Gasteiger partial charge in [0.1, 0.15) is 23.9 Å². The number of nitrogens with one attached hydrogen (secondary N) is 1. The third kappa shape index (κ3) is 6.86. The van der Waals surface area contributed by atoms with Gasteiger partial charge in [0.2, 0.25) is 0 Å². The van der Waals surface area contributed by atoms with Gasteiger partial charge < -0.3 is 14.2 Å². The van der Waals surface area contributed by atoms with Crippen LogP contribution in [0.15, 0.2) is 82.4 Å². The van der Waals surface area contributed by atoms with Gasteiger partial charge in [0.25, 0.3) is 5.91 Å². The smallest absolute Gasteiger partial charge is 0.280 e. The molecule has 0 aromatic heterocycles. The lowest BCUT2D eigenvalue weighted by molar-refractivity contribution is -0.127. The first kappa shape index (κ1) is 22.4. The number of amides is 1. The van der Waals surface area contributed by atoms with E-state index in [1.54, 1.807) is 38.3 Å². The van der Waals surface area contributed by atoms with Crippen molar-refractivity contribution >= 4 is 28.1 Å². The van der Waals surface area contributed by atoms with E-state index in [2.05, 4.69) is 26.5 Å². The zero-order valence-electron chi connectivity index (χ0n) is 17.2. The van der Waals surface area contributed by atoms with Gasteiger partial charge in [-0.25, -0.2) is 5.43 Å². The normalized spacial score (nSPS) is 11.7. The van der Waals surface area contributed by atoms with Crippen LogP contribution in [-0.4, -0.2) is 25.3 Å².